The van der Waals surface area contributed by atoms with Gasteiger partial charge in [-0.3, -0.25) is 0 Å². The Labute approximate surface area is 122 Å². The minimum Gasteiger partial charge on any atom is -0.380 e. The molecule has 2 aromatic rings. The molecule has 1 N–H and O–H groups in total. The number of nitrogens with one attached hydrogen (secondary N) is 1. The number of ether oxygens (including phenoxy) is 1. The Kier molecular flexibility index (Phi) is 4.66. The largest absolute Gasteiger partial charge is 0.380 e. The van der Waals surface area contributed by atoms with Crippen LogP contribution in [-0.2, 0) is 11.2 Å². The summed E-state index contributed by atoms with van der Waals surface area (Å²) in [5, 5.41) is 8.11. The van der Waals surface area contributed by atoms with Gasteiger partial charge in [-0.25, -0.2) is 0 Å². The third-order valence-electron chi connectivity index (χ3n) is 3.47. The lowest BCUT2D eigenvalue weighted by Gasteiger charge is -2.28. The van der Waals surface area contributed by atoms with E-state index in [0.717, 1.165) is 19.6 Å². The first-order valence-corrected chi connectivity index (χ1v) is 8.57. The standard InChI is InChI=1S/C15H19NOS2/c1-4-12(11-17-7-1)16-14(15-6-3-9-19-15)10-13-5-2-8-18-13/h2-3,5-6,8-9,12,14,16H,1,4,7,10-11H2. The van der Waals surface area contributed by atoms with Gasteiger partial charge in [-0.15, -0.1) is 22.7 Å². The lowest BCUT2D eigenvalue weighted by Crippen LogP contribution is -2.39. The zero-order chi connectivity index (χ0) is 12.9. The molecule has 2 nitrogen and oxygen atoms in total. The van der Waals surface area contributed by atoms with Gasteiger partial charge < -0.3 is 10.1 Å². The monoisotopic (exact) mass is 293 g/mol. The minimum atomic E-state index is 0.422. The Balaban J connectivity index is 1.68. The second kappa shape index (κ2) is 6.66. The van der Waals surface area contributed by atoms with Crippen LogP contribution in [0, 0.1) is 0 Å². The van der Waals surface area contributed by atoms with Crippen molar-refractivity contribution in [2.45, 2.75) is 31.3 Å². The maximum absolute atomic E-state index is 5.58. The second-order valence-electron chi connectivity index (χ2n) is 4.93. The molecule has 102 valence electrons. The first-order valence-electron chi connectivity index (χ1n) is 6.81. The predicted molar refractivity (Wildman–Crippen MR) is 82.1 cm³/mol. The average molecular weight is 293 g/mol. The molecule has 0 saturated carbocycles. The Bertz CT molecular complexity index is 460. The van der Waals surface area contributed by atoms with Crippen LogP contribution < -0.4 is 5.32 Å². The van der Waals surface area contributed by atoms with Crippen molar-refractivity contribution in [2.75, 3.05) is 13.2 Å². The van der Waals surface area contributed by atoms with Gasteiger partial charge in [-0.2, -0.15) is 0 Å². The van der Waals surface area contributed by atoms with Gasteiger partial charge in [0, 0.05) is 34.9 Å². The molecule has 2 atom stereocenters. The highest BCUT2D eigenvalue weighted by molar-refractivity contribution is 7.10. The van der Waals surface area contributed by atoms with Crippen LogP contribution in [0.15, 0.2) is 35.0 Å². The summed E-state index contributed by atoms with van der Waals surface area (Å²) in [6, 6.07) is 9.66. The summed E-state index contributed by atoms with van der Waals surface area (Å²) < 4.78 is 5.58. The molecule has 0 aliphatic carbocycles. The molecule has 2 unspecified atom stereocenters. The Morgan fingerprint density at radius 3 is 2.84 bits per heavy atom. The van der Waals surface area contributed by atoms with Crippen molar-refractivity contribution in [1.29, 1.82) is 0 Å². The number of rotatable bonds is 5. The van der Waals surface area contributed by atoms with Crippen molar-refractivity contribution in [2.24, 2.45) is 0 Å². The molecule has 1 aliphatic heterocycles. The second-order valence-corrected chi connectivity index (χ2v) is 6.94. The van der Waals surface area contributed by atoms with Gasteiger partial charge in [0.25, 0.3) is 0 Å². The topological polar surface area (TPSA) is 21.3 Å². The van der Waals surface area contributed by atoms with Crippen LogP contribution in [0.4, 0.5) is 0 Å². The highest BCUT2D eigenvalue weighted by Crippen LogP contribution is 2.26. The highest BCUT2D eigenvalue weighted by Gasteiger charge is 2.20. The Hall–Kier alpha value is -0.680. The average Bonchev–Trinajstić information content (AvgIpc) is 3.12. The summed E-state index contributed by atoms with van der Waals surface area (Å²) in [5.41, 5.74) is 0. The van der Waals surface area contributed by atoms with E-state index in [9.17, 15) is 0 Å². The van der Waals surface area contributed by atoms with Crippen LogP contribution in [0.1, 0.15) is 28.6 Å². The third-order valence-corrected chi connectivity index (χ3v) is 5.35. The van der Waals surface area contributed by atoms with E-state index in [4.69, 9.17) is 4.74 Å². The van der Waals surface area contributed by atoms with Crippen molar-refractivity contribution in [3.63, 3.8) is 0 Å². The first-order chi connectivity index (χ1) is 9.42. The zero-order valence-electron chi connectivity index (χ0n) is 10.9. The molecule has 19 heavy (non-hydrogen) atoms. The summed E-state index contributed by atoms with van der Waals surface area (Å²) in [4.78, 5) is 2.88. The van der Waals surface area contributed by atoms with E-state index in [1.54, 1.807) is 0 Å². The van der Waals surface area contributed by atoms with E-state index in [1.807, 2.05) is 22.7 Å². The third kappa shape index (κ3) is 3.66. The van der Waals surface area contributed by atoms with Crippen LogP contribution >= 0.6 is 22.7 Å². The molecule has 1 fully saturated rings. The van der Waals surface area contributed by atoms with Gasteiger partial charge in [0.1, 0.15) is 0 Å². The van der Waals surface area contributed by atoms with Gasteiger partial charge in [-0.1, -0.05) is 12.1 Å². The van der Waals surface area contributed by atoms with Gasteiger partial charge in [0.2, 0.25) is 0 Å². The molecule has 0 aromatic carbocycles. The molecule has 0 bridgehead atoms. The fourth-order valence-corrected chi connectivity index (χ4v) is 4.06. The lowest BCUT2D eigenvalue weighted by molar-refractivity contribution is 0.0665. The van der Waals surface area contributed by atoms with Gasteiger partial charge in [-0.05, 0) is 35.7 Å². The maximum Gasteiger partial charge on any atom is 0.0619 e. The van der Waals surface area contributed by atoms with E-state index >= 15 is 0 Å². The van der Waals surface area contributed by atoms with Crippen LogP contribution in [-0.4, -0.2) is 19.3 Å². The van der Waals surface area contributed by atoms with Crippen LogP contribution in [0.3, 0.4) is 0 Å². The zero-order valence-corrected chi connectivity index (χ0v) is 12.5. The van der Waals surface area contributed by atoms with E-state index in [2.05, 4.69) is 40.3 Å². The SMILES string of the molecule is c1csc(CC(NC2CCCOC2)c2cccs2)c1. The molecular formula is C15H19NOS2. The molecule has 1 aliphatic rings. The number of hydrogen-bond acceptors (Lipinski definition) is 4. The smallest absolute Gasteiger partial charge is 0.0619 e. The summed E-state index contributed by atoms with van der Waals surface area (Å²) in [6.07, 6.45) is 3.48. The quantitative estimate of drug-likeness (QED) is 0.904. The van der Waals surface area contributed by atoms with Crippen molar-refractivity contribution >= 4 is 22.7 Å². The first kappa shape index (κ1) is 13.3. The van der Waals surface area contributed by atoms with Gasteiger partial charge in [0.05, 0.1) is 6.61 Å². The van der Waals surface area contributed by atoms with Crippen LogP contribution in [0.5, 0.6) is 0 Å². The molecular weight excluding hydrogens is 274 g/mol. The Morgan fingerprint density at radius 1 is 1.26 bits per heavy atom. The van der Waals surface area contributed by atoms with E-state index < -0.39 is 0 Å². The molecule has 4 heteroatoms. The minimum absolute atomic E-state index is 0.422. The summed E-state index contributed by atoms with van der Waals surface area (Å²) in [7, 11) is 0. The molecule has 0 spiro atoms. The van der Waals surface area contributed by atoms with Crippen molar-refractivity contribution in [3.8, 4) is 0 Å². The molecule has 2 aromatic heterocycles. The predicted octanol–water partition coefficient (Wildman–Crippen LogP) is 3.86. The molecule has 3 rings (SSSR count). The van der Waals surface area contributed by atoms with Gasteiger partial charge in [0.15, 0.2) is 0 Å². The summed E-state index contributed by atoms with van der Waals surface area (Å²) in [5.74, 6) is 0. The highest BCUT2D eigenvalue weighted by atomic mass is 32.1. The maximum atomic E-state index is 5.58. The fraction of sp³-hybridized carbons (Fsp3) is 0.467. The van der Waals surface area contributed by atoms with Crippen molar-refractivity contribution in [3.05, 3.63) is 44.8 Å². The van der Waals surface area contributed by atoms with Crippen LogP contribution in [0.25, 0.3) is 0 Å². The molecule has 0 amide bonds. The van der Waals surface area contributed by atoms with E-state index in [0.29, 0.717) is 12.1 Å². The summed E-state index contributed by atoms with van der Waals surface area (Å²) >= 11 is 3.69. The Morgan fingerprint density at radius 2 is 2.16 bits per heavy atom. The van der Waals surface area contributed by atoms with Crippen molar-refractivity contribution in [1.82, 2.24) is 5.32 Å². The van der Waals surface area contributed by atoms with Gasteiger partial charge >= 0.3 is 0 Å². The van der Waals surface area contributed by atoms with Crippen LogP contribution in [0.2, 0.25) is 0 Å². The lowest BCUT2D eigenvalue weighted by atomic mass is 10.1. The fourth-order valence-electron chi connectivity index (χ4n) is 2.52. The molecule has 0 radical (unpaired) electrons. The number of hydrogen-bond donors (Lipinski definition) is 1. The van der Waals surface area contributed by atoms with E-state index in [-0.39, 0.29) is 0 Å². The van der Waals surface area contributed by atoms with E-state index in [1.165, 1.54) is 22.6 Å². The molecule has 3 heterocycles. The molecule has 1 saturated heterocycles. The van der Waals surface area contributed by atoms with Crippen molar-refractivity contribution < 1.29 is 4.74 Å². The normalized spacial score (nSPS) is 21.4. The summed E-state index contributed by atoms with van der Waals surface area (Å²) in [6.45, 7) is 1.78. The number of thiophene rings is 2.